The van der Waals surface area contributed by atoms with Crippen molar-refractivity contribution in [3.8, 4) is 6.07 Å². The van der Waals surface area contributed by atoms with Crippen molar-refractivity contribution in [2.24, 2.45) is 0 Å². The van der Waals surface area contributed by atoms with Gasteiger partial charge in [-0.15, -0.1) is 0 Å². The van der Waals surface area contributed by atoms with Crippen LogP contribution in [0.25, 0.3) is 0 Å². The van der Waals surface area contributed by atoms with Gasteiger partial charge >= 0.3 is 0 Å². The molecule has 3 rings (SSSR count). The molecule has 0 spiro atoms. The number of amides is 1. The Morgan fingerprint density at radius 1 is 1.15 bits per heavy atom. The molecule has 1 amide bonds. The third-order valence-corrected chi connectivity index (χ3v) is 5.89. The van der Waals surface area contributed by atoms with E-state index < -0.39 is 10.0 Å². The second-order valence-corrected chi connectivity index (χ2v) is 8.48. The van der Waals surface area contributed by atoms with E-state index >= 15 is 0 Å². The molecule has 2 aromatic carbocycles. The van der Waals surface area contributed by atoms with Gasteiger partial charge in [0.2, 0.25) is 15.9 Å². The number of anilines is 1. The van der Waals surface area contributed by atoms with Crippen LogP contribution < -0.4 is 4.31 Å². The van der Waals surface area contributed by atoms with E-state index in [2.05, 4.69) is 6.07 Å². The molecule has 0 N–H and O–H groups in total. The minimum absolute atomic E-state index is 0.0631. The summed E-state index contributed by atoms with van der Waals surface area (Å²) in [4.78, 5) is 14.4. The number of rotatable bonds is 5. The highest BCUT2D eigenvalue weighted by molar-refractivity contribution is 7.92. The summed E-state index contributed by atoms with van der Waals surface area (Å²) < 4.78 is 25.6. The molecule has 0 aliphatic carbocycles. The van der Waals surface area contributed by atoms with Gasteiger partial charge in [-0.2, -0.15) is 5.26 Å². The maximum absolute atomic E-state index is 12.6. The van der Waals surface area contributed by atoms with Crippen molar-refractivity contribution in [1.82, 2.24) is 4.90 Å². The van der Waals surface area contributed by atoms with Crippen molar-refractivity contribution in [2.75, 3.05) is 23.7 Å². The van der Waals surface area contributed by atoms with E-state index in [9.17, 15) is 13.2 Å². The Bertz CT molecular complexity index is 978. The zero-order valence-corrected chi connectivity index (χ0v) is 15.9. The summed E-state index contributed by atoms with van der Waals surface area (Å²) >= 11 is 0. The average Bonchev–Trinajstić information content (AvgIpc) is 2.67. The van der Waals surface area contributed by atoms with Crippen LogP contribution >= 0.6 is 0 Å². The molecule has 0 saturated carbocycles. The van der Waals surface area contributed by atoms with Crippen LogP contribution in [0.1, 0.15) is 23.1 Å². The molecule has 7 heteroatoms. The topological polar surface area (TPSA) is 81.5 Å². The molecule has 2 aromatic rings. The van der Waals surface area contributed by atoms with Gasteiger partial charge < -0.3 is 4.90 Å². The van der Waals surface area contributed by atoms with Gasteiger partial charge in [0.1, 0.15) is 0 Å². The summed E-state index contributed by atoms with van der Waals surface area (Å²) in [5.74, 6) is -0.0631. The Labute approximate surface area is 159 Å². The van der Waals surface area contributed by atoms with Gasteiger partial charge in [0.05, 0.1) is 23.6 Å². The molecule has 0 aromatic heterocycles. The Balaban J connectivity index is 1.69. The zero-order chi connectivity index (χ0) is 19.4. The second kappa shape index (κ2) is 7.80. The van der Waals surface area contributed by atoms with Crippen molar-refractivity contribution >= 4 is 21.6 Å². The van der Waals surface area contributed by atoms with Gasteiger partial charge in [0.15, 0.2) is 0 Å². The standard InChI is InChI=1S/C20H21N3O3S/c1-27(25,26)23(19-8-6-16(14-21)7-9-19)13-11-20(24)22-12-10-17-4-2-3-5-18(17)15-22/h2-9H,10-13,15H2,1H3. The minimum Gasteiger partial charge on any atom is -0.338 e. The third-order valence-electron chi connectivity index (χ3n) is 4.70. The lowest BCUT2D eigenvalue weighted by molar-refractivity contribution is -0.131. The van der Waals surface area contributed by atoms with Gasteiger partial charge in [-0.05, 0) is 41.8 Å². The van der Waals surface area contributed by atoms with E-state index in [0.717, 1.165) is 18.2 Å². The Morgan fingerprint density at radius 3 is 2.44 bits per heavy atom. The van der Waals surface area contributed by atoms with Crippen LogP contribution in [0.3, 0.4) is 0 Å². The largest absolute Gasteiger partial charge is 0.338 e. The molecule has 1 aliphatic rings. The number of hydrogen-bond acceptors (Lipinski definition) is 4. The molecular formula is C20H21N3O3S. The van der Waals surface area contributed by atoms with Crippen molar-refractivity contribution in [1.29, 1.82) is 5.26 Å². The lowest BCUT2D eigenvalue weighted by Crippen LogP contribution is -2.39. The molecular weight excluding hydrogens is 362 g/mol. The van der Waals surface area contributed by atoms with Gasteiger partial charge in [-0.1, -0.05) is 24.3 Å². The molecule has 0 bridgehead atoms. The highest BCUT2D eigenvalue weighted by atomic mass is 32.2. The van der Waals surface area contributed by atoms with Crippen LogP contribution in [0.4, 0.5) is 5.69 Å². The SMILES string of the molecule is CS(=O)(=O)N(CCC(=O)N1CCc2ccccc2C1)c1ccc(C#N)cc1. The van der Waals surface area contributed by atoms with Gasteiger partial charge in [-0.3, -0.25) is 9.10 Å². The summed E-state index contributed by atoms with van der Waals surface area (Å²) in [7, 11) is -3.53. The summed E-state index contributed by atoms with van der Waals surface area (Å²) in [5.41, 5.74) is 3.31. The summed E-state index contributed by atoms with van der Waals surface area (Å²) in [6.07, 6.45) is 2.04. The fraction of sp³-hybridized carbons (Fsp3) is 0.300. The fourth-order valence-electron chi connectivity index (χ4n) is 3.25. The summed E-state index contributed by atoms with van der Waals surface area (Å²) in [6, 6.07) is 16.4. The van der Waals surface area contributed by atoms with E-state index in [0.29, 0.717) is 24.3 Å². The van der Waals surface area contributed by atoms with E-state index in [4.69, 9.17) is 5.26 Å². The first-order valence-corrected chi connectivity index (χ1v) is 10.6. The quantitative estimate of drug-likeness (QED) is 0.793. The Morgan fingerprint density at radius 2 is 1.81 bits per heavy atom. The van der Waals surface area contributed by atoms with Crippen molar-refractivity contribution in [3.63, 3.8) is 0 Å². The van der Waals surface area contributed by atoms with Crippen molar-refractivity contribution < 1.29 is 13.2 Å². The van der Waals surface area contributed by atoms with Crippen LogP contribution in [-0.2, 0) is 27.8 Å². The number of nitrogens with zero attached hydrogens (tertiary/aromatic N) is 3. The van der Waals surface area contributed by atoms with E-state index in [1.165, 1.54) is 9.87 Å². The van der Waals surface area contributed by atoms with Crippen LogP contribution in [0, 0.1) is 11.3 Å². The number of hydrogen-bond donors (Lipinski definition) is 0. The Kier molecular flexibility index (Phi) is 5.47. The summed E-state index contributed by atoms with van der Waals surface area (Å²) in [6.45, 7) is 1.28. The molecule has 0 fully saturated rings. The smallest absolute Gasteiger partial charge is 0.232 e. The zero-order valence-electron chi connectivity index (χ0n) is 15.1. The first kappa shape index (κ1) is 18.9. The molecule has 140 valence electrons. The predicted octanol–water partition coefficient (Wildman–Crippen LogP) is 2.30. The Hall–Kier alpha value is -2.85. The number of carbonyl (C=O) groups excluding carboxylic acids is 1. The van der Waals surface area contributed by atoms with Crippen LogP contribution in [0.2, 0.25) is 0 Å². The minimum atomic E-state index is -3.53. The maximum atomic E-state index is 12.6. The second-order valence-electron chi connectivity index (χ2n) is 6.58. The van der Waals surface area contributed by atoms with Gasteiger partial charge in [0, 0.05) is 26.1 Å². The monoisotopic (exact) mass is 383 g/mol. The number of carbonyl (C=O) groups is 1. The van der Waals surface area contributed by atoms with Crippen LogP contribution in [0.15, 0.2) is 48.5 Å². The first-order valence-electron chi connectivity index (χ1n) is 8.71. The molecule has 1 heterocycles. The van der Waals surface area contributed by atoms with Gasteiger partial charge in [-0.25, -0.2) is 8.42 Å². The summed E-state index contributed by atoms with van der Waals surface area (Å²) in [5, 5.41) is 8.89. The maximum Gasteiger partial charge on any atom is 0.232 e. The molecule has 0 atom stereocenters. The molecule has 27 heavy (non-hydrogen) atoms. The molecule has 1 aliphatic heterocycles. The number of fused-ring (bicyclic) bond motifs is 1. The van der Waals surface area contributed by atoms with Crippen LogP contribution in [0.5, 0.6) is 0 Å². The van der Waals surface area contributed by atoms with Crippen LogP contribution in [-0.4, -0.2) is 38.6 Å². The van der Waals surface area contributed by atoms with E-state index in [-0.39, 0.29) is 18.9 Å². The lowest BCUT2D eigenvalue weighted by Gasteiger charge is -2.30. The highest BCUT2D eigenvalue weighted by Gasteiger charge is 2.23. The van der Waals surface area contributed by atoms with Gasteiger partial charge in [0.25, 0.3) is 0 Å². The fourth-order valence-corrected chi connectivity index (χ4v) is 4.18. The molecule has 6 nitrogen and oxygen atoms in total. The van der Waals surface area contributed by atoms with E-state index in [1.807, 2.05) is 24.3 Å². The average molecular weight is 383 g/mol. The molecule has 0 radical (unpaired) electrons. The van der Waals surface area contributed by atoms with E-state index in [1.54, 1.807) is 29.2 Å². The molecule has 0 unspecified atom stereocenters. The highest BCUT2D eigenvalue weighted by Crippen LogP contribution is 2.21. The number of sulfonamides is 1. The van der Waals surface area contributed by atoms with Crippen molar-refractivity contribution in [3.05, 3.63) is 65.2 Å². The molecule has 0 saturated heterocycles. The number of nitriles is 1. The lowest BCUT2D eigenvalue weighted by atomic mass is 10.00. The number of benzene rings is 2. The first-order chi connectivity index (χ1) is 12.9. The normalized spacial score (nSPS) is 13.6. The third kappa shape index (κ3) is 4.47. The predicted molar refractivity (Wildman–Crippen MR) is 104 cm³/mol. The van der Waals surface area contributed by atoms with Crippen molar-refractivity contribution in [2.45, 2.75) is 19.4 Å².